The van der Waals surface area contributed by atoms with Crippen molar-refractivity contribution < 1.29 is 0 Å². The summed E-state index contributed by atoms with van der Waals surface area (Å²) in [4.78, 5) is 0. The van der Waals surface area contributed by atoms with Gasteiger partial charge in [-0.3, -0.25) is 0 Å². The van der Waals surface area contributed by atoms with Crippen LogP contribution in [0, 0.1) is 12.8 Å². The molecule has 3 rings (SSSR count). The third-order valence-electron chi connectivity index (χ3n) is 4.10. The third-order valence-corrected chi connectivity index (χ3v) is 4.45. The number of benzene rings is 1. The molecule has 1 aliphatic rings. The minimum atomic E-state index is 0.504. The molecule has 0 saturated heterocycles. The second kappa shape index (κ2) is 5.63. The van der Waals surface area contributed by atoms with Gasteiger partial charge < -0.3 is 9.88 Å². The van der Waals surface area contributed by atoms with E-state index in [0.717, 1.165) is 17.5 Å². The lowest BCUT2D eigenvalue weighted by Gasteiger charge is -2.13. The van der Waals surface area contributed by atoms with Gasteiger partial charge in [0.15, 0.2) is 0 Å². The van der Waals surface area contributed by atoms with Gasteiger partial charge in [0, 0.05) is 30.0 Å². The molecule has 1 fully saturated rings. The first-order chi connectivity index (χ1) is 9.67. The molecule has 1 heterocycles. The van der Waals surface area contributed by atoms with Gasteiger partial charge in [0.2, 0.25) is 0 Å². The van der Waals surface area contributed by atoms with Crippen LogP contribution in [0.3, 0.4) is 0 Å². The van der Waals surface area contributed by atoms with Gasteiger partial charge in [-0.1, -0.05) is 23.7 Å². The van der Waals surface area contributed by atoms with E-state index in [9.17, 15) is 0 Å². The molecular weight excluding hydrogens is 268 g/mol. The number of rotatable bonds is 5. The number of aromatic nitrogens is 1. The van der Waals surface area contributed by atoms with Crippen molar-refractivity contribution in [3.05, 3.63) is 58.4 Å². The Labute approximate surface area is 125 Å². The number of nitrogens with one attached hydrogen (secondary N) is 1. The van der Waals surface area contributed by atoms with Crippen molar-refractivity contribution in [2.24, 2.45) is 5.92 Å². The van der Waals surface area contributed by atoms with Crippen LogP contribution in [0.15, 0.2) is 36.7 Å². The van der Waals surface area contributed by atoms with E-state index in [0.29, 0.717) is 6.04 Å². The van der Waals surface area contributed by atoms with Crippen LogP contribution in [0.1, 0.15) is 35.6 Å². The fourth-order valence-electron chi connectivity index (χ4n) is 2.82. The molecule has 0 aliphatic heterocycles. The molecule has 2 nitrogen and oxygen atoms in total. The van der Waals surface area contributed by atoms with E-state index in [2.05, 4.69) is 54.4 Å². The lowest BCUT2D eigenvalue weighted by molar-refractivity contribution is 0.528. The molecule has 1 atom stereocenters. The summed E-state index contributed by atoms with van der Waals surface area (Å²) in [7, 11) is 2.05. The van der Waals surface area contributed by atoms with Gasteiger partial charge in [0.25, 0.3) is 0 Å². The summed E-state index contributed by atoms with van der Waals surface area (Å²) in [5.74, 6) is 0.818. The normalized spacial score (nSPS) is 16.4. The summed E-state index contributed by atoms with van der Waals surface area (Å²) in [6.45, 7) is 2.90. The SMILES string of the molecule is CNC(c1ccn(Cc2ccc(C)cc2Cl)c1)C1CC1. The Morgan fingerprint density at radius 2 is 2.15 bits per heavy atom. The molecule has 0 amide bonds. The fourth-order valence-corrected chi connectivity index (χ4v) is 3.12. The van der Waals surface area contributed by atoms with Crippen molar-refractivity contribution in [1.29, 1.82) is 0 Å². The number of hydrogen-bond acceptors (Lipinski definition) is 1. The third kappa shape index (κ3) is 2.92. The predicted octanol–water partition coefficient (Wildman–Crippen LogP) is 4.17. The highest BCUT2D eigenvalue weighted by Crippen LogP contribution is 2.40. The lowest BCUT2D eigenvalue weighted by Crippen LogP contribution is -2.17. The van der Waals surface area contributed by atoms with Gasteiger partial charge in [-0.05, 0) is 61.6 Å². The van der Waals surface area contributed by atoms with Gasteiger partial charge in [-0.2, -0.15) is 0 Å². The highest BCUT2D eigenvalue weighted by atomic mass is 35.5. The molecule has 2 aromatic rings. The first-order valence-corrected chi connectivity index (χ1v) is 7.63. The topological polar surface area (TPSA) is 17.0 Å². The Balaban J connectivity index is 1.76. The van der Waals surface area contributed by atoms with Crippen molar-refractivity contribution in [3.8, 4) is 0 Å². The molecule has 1 unspecified atom stereocenters. The van der Waals surface area contributed by atoms with E-state index in [1.807, 2.05) is 6.07 Å². The second-order valence-electron chi connectivity index (χ2n) is 5.82. The van der Waals surface area contributed by atoms with E-state index in [1.54, 1.807) is 0 Å². The van der Waals surface area contributed by atoms with Crippen LogP contribution in [-0.2, 0) is 6.54 Å². The summed E-state index contributed by atoms with van der Waals surface area (Å²) in [6, 6.07) is 8.99. The molecule has 3 heteroatoms. The average molecular weight is 289 g/mol. The number of nitrogens with zero attached hydrogens (tertiary/aromatic N) is 1. The summed E-state index contributed by atoms with van der Waals surface area (Å²) in [6.07, 6.45) is 7.09. The highest BCUT2D eigenvalue weighted by Gasteiger charge is 2.31. The van der Waals surface area contributed by atoms with Crippen LogP contribution >= 0.6 is 11.6 Å². The van der Waals surface area contributed by atoms with E-state index >= 15 is 0 Å². The number of hydrogen-bond donors (Lipinski definition) is 1. The highest BCUT2D eigenvalue weighted by molar-refractivity contribution is 6.31. The molecule has 1 aliphatic carbocycles. The van der Waals surface area contributed by atoms with E-state index in [-0.39, 0.29) is 0 Å². The van der Waals surface area contributed by atoms with Crippen molar-refractivity contribution >= 4 is 11.6 Å². The zero-order valence-corrected chi connectivity index (χ0v) is 12.8. The Morgan fingerprint density at radius 1 is 1.35 bits per heavy atom. The number of halogens is 1. The summed E-state index contributed by atoms with van der Waals surface area (Å²) in [5, 5.41) is 4.29. The molecule has 1 N–H and O–H groups in total. The van der Waals surface area contributed by atoms with Crippen LogP contribution < -0.4 is 5.32 Å². The maximum Gasteiger partial charge on any atom is 0.0485 e. The van der Waals surface area contributed by atoms with Gasteiger partial charge in [0.1, 0.15) is 0 Å². The van der Waals surface area contributed by atoms with Crippen LogP contribution in [0.2, 0.25) is 5.02 Å². The van der Waals surface area contributed by atoms with E-state index < -0.39 is 0 Å². The van der Waals surface area contributed by atoms with Crippen molar-refractivity contribution in [3.63, 3.8) is 0 Å². The van der Waals surface area contributed by atoms with Gasteiger partial charge in [-0.15, -0.1) is 0 Å². The number of aryl methyl sites for hydroxylation is 1. The minimum Gasteiger partial charge on any atom is -0.350 e. The largest absolute Gasteiger partial charge is 0.350 e. The maximum absolute atomic E-state index is 6.31. The fraction of sp³-hybridized carbons (Fsp3) is 0.412. The summed E-state index contributed by atoms with van der Waals surface area (Å²) < 4.78 is 2.22. The summed E-state index contributed by atoms with van der Waals surface area (Å²) >= 11 is 6.31. The predicted molar refractivity (Wildman–Crippen MR) is 84.2 cm³/mol. The lowest BCUT2D eigenvalue weighted by atomic mass is 10.1. The molecule has 1 aromatic heterocycles. The van der Waals surface area contributed by atoms with Crippen LogP contribution in [0.4, 0.5) is 0 Å². The molecule has 106 valence electrons. The zero-order valence-electron chi connectivity index (χ0n) is 12.1. The Hall–Kier alpha value is -1.25. The smallest absolute Gasteiger partial charge is 0.0485 e. The van der Waals surface area contributed by atoms with Crippen molar-refractivity contribution in [2.75, 3.05) is 7.05 Å². The van der Waals surface area contributed by atoms with Gasteiger partial charge in [-0.25, -0.2) is 0 Å². The van der Waals surface area contributed by atoms with Crippen molar-refractivity contribution in [1.82, 2.24) is 9.88 Å². The Kier molecular flexibility index (Phi) is 3.86. The molecular formula is C17H21ClN2. The molecule has 1 aromatic carbocycles. The first-order valence-electron chi connectivity index (χ1n) is 7.25. The van der Waals surface area contributed by atoms with Crippen molar-refractivity contribution in [2.45, 2.75) is 32.4 Å². The first kappa shape index (κ1) is 13.7. The van der Waals surface area contributed by atoms with Gasteiger partial charge in [0.05, 0.1) is 0 Å². The molecule has 0 bridgehead atoms. The van der Waals surface area contributed by atoms with Crippen LogP contribution in [-0.4, -0.2) is 11.6 Å². The summed E-state index contributed by atoms with van der Waals surface area (Å²) in [5.41, 5.74) is 3.76. The molecule has 0 radical (unpaired) electrons. The Bertz CT molecular complexity index is 599. The molecule has 20 heavy (non-hydrogen) atoms. The van der Waals surface area contributed by atoms with Crippen LogP contribution in [0.5, 0.6) is 0 Å². The quantitative estimate of drug-likeness (QED) is 0.874. The van der Waals surface area contributed by atoms with E-state index in [1.165, 1.54) is 29.5 Å². The molecule has 0 spiro atoms. The second-order valence-corrected chi connectivity index (χ2v) is 6.22. The maximum atomic E-state index is 6.31. The standard InChI is InChI=1S/C17H21ClN2/c1-12-3-4-14(16(18)9-12)10-20-8-7-15(11-20)17(19-2)13-5-6-13/h3-4,7-9,11,13,17,19H,5-6,10H2,1-2H3. The van der Waals surface area contributed by atoms with Gasteiger partial charge >= 0.3 is 0 Å². The zero-order chi connectivity index (χ0) is 14.1. The monoisotopic (exact) mass is 288 g/mol. The van der Waals surface area contributed by atoms with Crippen LogP contribution in [0.25, 0.3) is 0 Å². The average Bonchev–Trinajstić information content (AvgIpc) is 3.14. The molecule has 1 saturated carbocycles. The van der Waals surface area contributed by atoms with E-state index in [4.69, 9.17) is 11.6 Å². The Morgan fingerprint density at radius 3 is 2.80 bits per heavy atom. The minimum absolute atomic E-state index is 0.504.